The van der Waals surface area contributed by atoms with Gasteiger partial charge in [0.25, 0.3) is 0 Å². The average molecular weight is 326 g/mol. The van der Waals surface area contributed by atoms with Crippen LogP contribution in [-0.4, -0.2) is 11.7 Å². The third-order valence-corrected chi connectivity index (χ3v) is 2.73. The molecular weight excluding hydrogens is 316 g/mol. The Morgan fingerprint density at radius 3 is 1.84 bits per heavy atom. The summed E-state index contributed by atoms with van der Waals surface area (Å²) in [6, 6.07) is 3.28. The summed E-state index contributed by atoms with van der Waals surface area (Å²) in [5.74, 6) is 0. The molecule has 0 unspecified atom stereocenters. The Labute approximate surface area is 116 Å². The molecule has 19 heavy (non-hydrogen) atoms. The van der Waals surface area contributed by atoms with Crippen molar-refractivity contribution < 1.29 is 26.3 Å². The first-order valence-electron chi connectivity index (χ1n) is 4.75. The average Bonchev–Trinajstić information content (AvgIpc) is 2.13. The van der Waals surface area contributed by atoms with E-state index in [9.17, 15) is 26.3 Å². The van der Waals surface area contributed by atoms with Crippen LogP contribution in [0.5, 0.6) is 0 Å². The number of alkyl halides is 6. The van der Waals surface area contributed by atoms with Crippen LogP contribution in [0.15, 0.2) is 29.2 Å². The minimum atomic E-state index is -4.42. The molecule has 0 amide bonds. The maximum absolute atomic E-state index is 12.1. The van der Waals surface area contributed by atoms with Gasteiger partial charge in [-0.2, -0.15) is 26.3 Å². The van der Waals surface area contributed by atoms with Crippen molar-refractivity contribution in [2.75, 3.05) is 0 Å². The van der Waals surface area contributed by atoms with Gasteiger partial charge in [0.05, 0.1) is 6.42 Å². The minimum absolute atomic E-state index is 0. The monoisotopic (exact) mass is 325 g/mol. The summed E-state index contributed by atoms with van der Waals surface area (Å²) < 4.78 is 72.2. The highest BCUT2D eigenvalue weighted by molar-refractivity contribution is 8.00. The molecule has 0 fully saturated rings. The van der Waals surface area contributed by atoms with Crippen molar-refractivity contribution in [2.45, 2.75) is 29.0 Å². The summed E-state index contributed by atoms with van der Waals surface area (Å²) in [4.78, 5) is -0.0922. The van der Waals surface area contributed by atoms with E-state index >= 15 is 0 Å². The third kappa shape index (κ3) is 7.54. The maximum atomic E-state index is 12.1. The Hall–Kier alpha value is -0.600. The van der Waals surface area contributed by atoms with Crippen LogP contribution in [0.1, 0.15) is 18.0 Å². The molecule has 2 N–H and O–H groups in total. The first-order chi connectivity index (χ1) is 8.07. The lowest BCUT2D eigenvalue weighted by Crippen LogP contribution is -2.20. The van der Waals surface area contributed by atoms with Gasteiger partial charge in [0, 0.05) is 10.9 Å². The summed E-state index contributed by atoms with van der Waals surface area (Å²) >= 11 is -0.329. The molecule has 9 heteroatoms. The fraction of sp³-hybridized carbons (Fsp3) is 0.400. The molecule has 0 aromatic heterocycles. The van der Waals surface area contributed by atoms with Gasteiger partial charge in [0.1, 0.15) is 0 Å². The van der Waals surface area contributed by atoms with Gasteiger partial charge >= 0.3 is 11.7 Å². The fourth-order valence-corrected chi connectivity index (χ4v) is 1.82. The van der Waals surface area contributed by atoms with Crippen LogP contribution in [0.4, 0.5) is 26.3 Å². The normalized spacial score (nSPS) is 13.8. The summed E-state index contributed by atoms with van der Waals surface area (Å²) in [6.07, 6.45) is -5.61. The second kappa shape index (κ2) is 6.71. The van der Waals surface area contributed by atoms with Crippen LogP contribution in [0, 0.1) is 0 Å². The van der Waals surface area contributed by atoms with E-state index in [2.05, 4.69) is 0 Å². The van der Waals surface area contributed by atoms with Gasteiger partial charge in [-0.1, -0.05) is 12.1 Å². The number of hydrogen-bond acceptors (Lipinski definition) is 2. The summed E-state index contributed by atoms with van der Waals surface area (Å²) in [7, 11) is 0. The number of nitrogens with two attached hydrogens (primary N) is 1. The van der Waals surface area contributed by atoms with Crippen LogP contribution >= 0.6 is 24.2 Å². The van der Waals surface area contributed by atoms with E-state index in [1.54, 1.807) is 0 Å². The highest BCUT2D eigenvalue weighted by Gasteiger charge is 2.31. The predicted molar refractivity (Wildman–Crippen MR) is 63.2 cm³/mol. The molecule has 1 aromatic carbocycles. The Balaban J connectivity index is 0.00000324. The largest absolute Gasteiger partial charge is 0.446 e. The predicted octanol–water partition coefficient (Wildman–Crippen LogP) is 4.67. The van der Waals surface area contributed by atoms with Crippen molar-refractivity contribution >= 4 is 24.2 Å². The van der Waals surface area contributed by atoms with E-state index in [4.69, 9.17) is 5.73 Å². The number of hydrogen-bond donors (Lipinski definition) is 1. The molecular formula is C10H10ClF6NS. The lowest BCUT2D eigenvalue weighted by atomic mass is 10.0. The highest BCUT2D eigenvalue weighted by Crippen LogP contribution is 2.37. The van der Waals surface area contributed by atoms with E-state index in [0.717, 1.165) is 12.1 Å². The molecule has 1 nitrogen and oxygen atoms in total. The van der Waals surface area contributed by atoms with E-state index < -0.39 is 24.1 Å². The molecule has 110 valence electrons. The number of benzene rings is 1. The molecule has 0 spiro atoms. The Kier molecular flexibility index (Phi) is 6.50. The van der Waals surface area contributed by atoms with Gasteiger partial charge in [-0.15, -0.1) is 12.4 Å². The Morgan fingerprint density at radius 2 is 1.47 bits per heavy atom. The molecule has 1 aromatic rings. The van der Waals surface area contributed by atoms with Gasteiger partial charge in [-0.25, -0.2) is 0 Å². The maximum Gasteiger partial charge on any atom is 0.446 e. The van der Waals surface area contributed by atoms with Crippen molar-refractivity contribution in [3.05, 3.63) is 29.8 Å². The second-order valence-electron chi connectivity index (χ2n) is 3.54. The highest BCUT2D eigenvalue weighted by atomic mass is 35.5. The van der Waals surface area contributed by atoms with E-state index in [-0.39, 0.29) is 34.6 Å². The van der Waals surface area contributed by atoms with Crippen molar-refractivity contribution in [1.82, 2.24) is 0 Å². The molecule has 0 saturated carbocycles. The summed E-state index contributed by atoms with van der Waals surface area (Å²) in [5.41, 5.74) is 1.04. The molecule has 0 aliphatic heterocycles. The Bertz CT molecular complexity index is 388. The van der Waals surface area contributed by atoms with Crippen LogP contribution in [0.3, 0.4) is 0 Å². The van der Waals surface area contributed by atoms with Crippen molar-refractivity contribution in [1.29, 1.82) is 0 Å². The van der Waals surface area contributed by atoms with Crippen LogP contribution in [0.2, 0.25) is 0 Å². The van der Waals surface area contributed by atoms with Gasteiger partial charge in [0.15, 0.2) is 0 Å². The van der Waals surface area contributed by atoms with Crippen molar-refractivity contribution in [3.8, 4) is 0 Å². The fourth-order valence-electron chi connectivity index (χ4n) is 1.28. The van der Waals surface area contributed by atoms with Crippen LogP contribution in [0.25, 0.3) is 0 Å². The molecule has 0 radical (unpaired) electrons. The topological polar surface area (TPSA) is 26.0 Å². The lowest BCUT2D eigenvalue weighted by Gasteiger charge is -2.14. The summed E-state index contributed by atoms with van der Waals surface area (Å²) in [5, 5.41) is 0. The SMILES string of the molecule is Cl.N[C@@H](CC(F)(F)F)c1ccc(SC(F)(F)F)cc1. The zero-order valence-corrected chi connectivity index (χ0v) is 10.9. The molecule has 0 bridgehead atoms. The van der Waals surface area contributed by atoms with Crippen molar-refractivity contribution in [3.63, 3.8) is 0 Å². The zero-order valence-electron chi connectivity index (χ0n) is 9.26. The smallest absolute Gasteiger partial charge is 0.324 e. The summed E-state index contributed by atoms with van der Waals surface area (Å²) in [6.45, 7) is 0. The van der Waals surface area contributed by atoms with Crippen molar-refractivity contribution in [2.24, 2.45) is 5.73 Å². The lowest BCUT2D eigenvalue weighted by molar-refractivity contribution is -0.138. The van der Waals surface area contributed by atoms with E-state index in [1.165, 1.54) is 12.1 Å². The van der Waals surface area contributed by atoms with Crippen LogP contribution < -0.4 is 5.73 Å². The van der Waals surface area contributed by atoms with Gasteiger partial charge in [-0.05, 0) is 29.5 Å². The van der Waals surface area contributed by atoms with E-state index in [1.807, 2.05) is 0 Å². The quantitative estimate of drug-likeness (QED) is 0.645. The molecule has 0 heterocycles. The number of rotatable bonds is 3. The zero-order chi connectivity index (χ0) is 14.0. The minimum Gasteiger partial charge on any atom is -0.324 e. The Morgan fingerprint density at radius 1 is 1.00 bits per heavy atom. The van der Waals surface area contributed by atoms with E-state index in [0.29, 0.717) is 0 Å². The molecule has 0 aliphatic rings. The van der Waals surface area contributed by atoms with Gasteiger partial charge < -0.3 is 5.73 Å². The number of halogens is 7. The second-order valence-corrected chi connectivity index (χ2v) is 4.68. The first kappa shape index (κ1) is 18.4. The first-order valence-corrected chi connectivity index (χ1v) is 5.56. The molecule has 1 rings (SSSR count). The van der Waals surface area contributed by atoms with Crippen LogP contribution in [-0.2, 0) is 0 Å². The molecule has 1 atom stereocenters. The standard InChI is InChI=1S/C10H9F6NS.ClH/c11-9(12,13)5-8(17)6-1-3-7(4-2-6)18-10(14,15)16;/h1-4,8H,5,17H2;1H/t8-;/m0./s1. The van der Waals surface area contributed by atoms with Gasteiger partial charge in [0.2, 0.25) is 0 Å². The molecule has 0 aliphatic carbocycles. The van der Waals surface area contributed by atoms with Gasteiger partial charge in [-0.3, -0.25) is 0 Å². The molecule has 0 saturated heterocycles. The number of thioether (sulfide) groups is 1. The third-order valence-electron chi connectivity index (χ3n) is 1.99.